The van der Waals surface area contributed by atoms with Crippen LogP contribution >= 0.6 is 15.9 Å². The maximum atomic E-state index is 6.16. The smallest absolute Gasteiger partial charge is 0.0778 e. The van der Waals surface area contributed by atoms with E-state index in [4.69, 9.17) is 10.5 Å². The zero-order chi connectivity index (χ0) is 13.8. The molecule has 2 N–H and O–H groups in total. The van der Waals surface area contributed by atoms with Crippen molar-refractivity contribution in [3.63, 3.8) is 0 Å². The Morgan fingerprint density at radius 1 is 1.33 bits per heavy atom. The Labute approximate surface area is 119 Å². The number of rotatable bonds is 5. The summed E-state index contributed by atoms with van der Waals surface area (Å²) >= 11 is 3.47. The van der Waals surface area contributed by atoms with Gasteiger partial charge in [0.1, 0.15) is 0 Å². The topological polar surface area (TPSA) is 35.2 Å². The molecule has 0 spiro atoms. The van der Waals surface area contributed by atoms with Crippen LogP contribution < -0.4 is 5.73 Å². The molecular formula is C15H24BrNO. The van der Waals surface area contributed by atoms with Gasteiger partial charge in [-0.3, -0.25) is 0 Å². The van der Waals surface area contributed by atoms with Crippen molar-refractivity contribution in [3.8, 4) is 0 Å². The quantitative estimate of drug-likeness (QED) is 0.887. The second-order valence-corrected chi connectivity index (χ2v) is 6.72. The van der Waals surface area contributed by atoms with Crippen molar-refractivity contribution in [2.75, 3.05) is 0 Å². The van der Waals surface area contributed by atoms with Crippen LogP contribution in [0.4, 0.5) is 0 Å². The van der Waals surface area contributed by atoms with Crippen molar-refractivity contribution < 1.29 is 4.74 Å². The van der Waals surface area contributed by atoms with Crippen LogP contribution in [0, 0.1) is 5.41 Å². The lowest BCUT2D eigenvalue weighted by Gasteiger charge is -2.34. The number of hydrogen-bond acceptors (Lipinski definition) is 2. The monoisotopic (exact) mass is 313 g/mol. The highest BCUT2D eigenvalue weighted by Gasteiger charge is 2.30. The molecule has 1 rings (SSSR count). The van der Waals surface area contributed by atoms with Gasteiger partial charge < -0.3 is 10.5 Å². The van der Waals surface area contributed by atoms with E-state index in [1.54, 1.807) is 0 Å². The molecule has 2 atom stereocenters. The van der Waals surface area contributed by atoms with Gasteiger partial charge in [-0.1, -0.05) is 55.8 Å². The van der Waals surface area contributed by atoms with Crippen molar-refractivity contribution in [1.29, 1.82) is 0 Å². The van der Waals surface area contributed by atoms with Crippen LogP contribution in [0.1, 0.15) is 39.7 Å². The molecule has 0 fully saturated rings. The molecule has 0 heterocycles. The molecule has 0 saturated heterocycles. The Bertz CT molecular complexity index is 373. The number of ether oxygens (including phenoxy) is 1. The van der Waals surface area contributed by atoms with E-state index in [-0.39, 0.29) is 17.6 Å². The van der Waals surface area contributed by atoms with Crippen LogP contribution in [-0.4, -0.2) is 12.1 Å². The van der Waals surface area contributed by atoms with Crippen LogP contribution in [0.15, 0.2) is 28.7 Å². The molecule has 0 radical (unpaired) electrons. The standard InChI is InChI=1S/C15H24BrNO/c1-5-13(17)14(15(2,3)4)18-10-11-7-6-8-12(16)9-11/h6-9,13-14H,5,10,17H2,1-4H3. The number of hydrogen-bond donors (Lipinski definition) is 1. The maximum absolute atomic E-state index is 6.16. The molecule has 1 aromatic rings. The summed E-state index contributed by atoms with van der Waals surface area (Å²) in [7, 11) is 0. The summed E-state index contributed by atoms with van der Waals surface area (Å²) in [6.45, 7) is 9.23. The normalized spacial score (nSPS) is 15.4. The Kier molecular flexibility index (Phi) is 5.83. The largest absolute Gasteiger partial charge is 0.371 e. The highest BCUT2D eigenvalue weighted by atomic mass is 79.9. The van der Waals surface area contributed by atoms with Crippen LogP contribution in [0.2, 0.25) is 0 Å². The first kappa shape index (κ1) is 15.7. The first-order valence-electron chi connectivity index (χ1n) is 6.46. The first-order valence-corrected chi connectivity index (χ1v) is 7.25. The summed E-state index contributed by atoms with van der Waals surface area (Å²) in [5, 5.41) is 0. The summed E-state index contributed by atoms with van der Waals surface area (Å²) in [4.78, 5) is 0. The molecule has 18 heavy (non-hydrogen) atoms. The van der Waals surface area contributed by atoms with Crippen molar-refractivity contribution in [3.05, 3.63) is 34.3 Å². The minimum absolute atomic E-state index is 0.0570. The third kappa shape index (κ3) is 4.71. The lowest BCUT2D eigenvalue weighted by molar-refractivity contribution is -0.0439. The highest BCUT2D eigenvalue weighted by Crippen LogP contribution is 2.26. The SMILES string of the molecule is CCC(N)C(OCc1cccc(Br)c1)C(C)(C)C. The number of benzene rings is 1. The molecule has 0 aliphatic rings. The fraction of sp³-hybridized carbons (Fsp3) is 0.600. The highest BCUT2D eigenvalue weighted by molar-refractivity contribution is 9.10. The van der Waals surface area contributed by atoms with Gasteiger partial charge in [0.25, 0.3) is 0 Å². The van der Waals surface area contributed by atoms with Crippen LogP contribution in [0.5, 0.6) is 0 Å². The summed E-state index contributed by atoms with van der Waals surface area (Å²) in [5.74, 6) is 0. The van der Waals surface area contributed by atoms with Gasteiger partial charge in [0.15, 0.2) is 0 Å². The third-order valence-electron chi connectivity index (χ3n) is 3.03. The van der Waals surface area contributed by atoms with Crippen molar-refractivity contribution in [2.45, 2.75) is 52.9 Å². The average molecular weight is 314 g/mol. The minimum Gasteiger partial charge on any atom is -0.371 e. The molecule has 0 bridgehead atoms. The van der Waals surface area contributed by atoms with E-state index in [0.29, 0.717) is 6.61 Å². The predicted molar refractivity (Wildman–Crippen MR) is 80.4 cm³/mol. The van der Waals surface area contributed by atoms with Gasteiger partial charge in [-0.2, -0.15) is 0 Å². The van der Waals surface area contributed by atoms with Crippen molar-refractivity contribution in [2.24, 2.45) is 11.1 Å². The molecular weight excluding hydrogens is 290 g/mol. The molecule has 0 amide bonds. The minimum atomic E-state index is 0.0570. The van der Waals surface area contributed by atoms with E-state index in [1.807, 2.05) is 12.1 Å². The zero-order valence-electron chi connectivity index (χ0n) is 11.7. The predicted octanol–water partition coefficient (Wildman–Crippen LogP) is 4.12. The summed E-state index contributed by atoms with van der Waals surface area (Å²) in [6.07, 6.45) is 1.00. The molecule has 2 nitrogen and oxygen atoms in total. The number of halogens is 1. The van der Waals surface area contributed by atoms with Gasteiger partial charge >= 0.3 is 0 Å². The van der Waals surface area contributed by atoms with Crippen LogP contribution in [0.3, 0.4) is 0 Å². The third-order valence-corrected chi connectivity index (χ3v) is 3.53. The second kappa shape index (κ2) is 6.69. The fourth-order valence-electron chi connectivity index (χ4n) is 2.04. The second-order valence-electron chi connectivity index (χ2n) is 5.80. The van der Waals surface area contributed by atoms with Gasteiger partial charge in [0.05, 0.1) is 12.7 Å². The van der Waals surface area contributed by atoms with Gasteiger partial charge in [0.2, 0.25) is 0 Å². The van der Waals surface area contributed by atoms with E-state index in [1.165, 1.54) is 5.56 Å². The molecule has 102 valence electrons. The van der Waals surface area contributed by atoms with Gasteiger partial charge in [-0.05, 0) is 29.5 Å². The summed E-state index contributed by atoms with van der Waals surface area (Å²) in [6, 6.07) is 8.27. The van der Waals surface area contributed by atoms with E-state index < -0.39 is 0 Å². The molecule has 0 aromatic heterocycles. The van der Waals surface area contributed by atoms with Gasteiger partial charge in [-0.15, -0.1) is 0 Å². The first-order chi connectivity index (χ1) is 8.34. The molecule has 0 aliphatic heterocycles. The Morgan fingerprint density at radius 2 is 2.00 bits per heavy atom. The number of nitrogens with two attached hydrogens (primary N) is 1. The van der Waals surface area contributed by atoms with Gasteiger partial charge in [-0.25, -0.2) is 0 Å². The van der Waals surface area contributed by atoms with Crippen molar-refractivity contribution in [1.82, 2.24) is 0 Å². The maximum Gasteiger partial charge on any atom is 0.0778 e. The average Bonchev–Trinajstić information content (AvgIpc) is 2.27. The van der Waals surface area contributed by atoms with Crippen molar-refractivity contribution >= 4 is 15.9 Å². The molecule has 0 saturated carbocycles. The van der Waals surface area contributed by atoms with E-state index in [0.717, 1.165) is 10.9 Å². The van der Waals surface area contributed by atoms with E-state index >= 15 is 0 Å². The zero-order valence-corrected chi connectivity index (χ0v) is 13.3. The Morgan fingerprint density at radius 3 is 2.50 bits per heavy atom. The lowest BCUT2D eigenvalue weighted by Crippen LogP contribution is -2.44. The fourth-order valence-corrected chi connectivity index (χ4v) is 2.49. The molecule has 1 aromatic carbocycles. The molecule has 0 aliphatic carbocycles. The molecule has 2 unspecified atom stereocenters. The lowest BCUT2D eigenvalue weighted by atomic mass is 9.84. The summed E-state index contributed by atoms with van der Waals surface area (Å²) < 4.78 is 7.13. The van der Waals surface area contributed by atoms with Gasteiger partial charge in [0, 0.05) is 10.5 Å². The Hall–Kier alpha value is -0.380. The van der Waals surface area contributed by atoms with Crippen LogP contribution in [0.25, 0.3) is 0 Å². The van der Waals surface area contributed by atoms with E-state index in [9.17, 15) is 0 Å². The Balaban J connectivity index is 2.68. The van der Waals surface area contributed by atoms with E-state index in [2.05, 4.69) is 55.8 Å². The molecule has 3 heteroatoms. The summed E-state index contributed by atoms with van der Waals surface area (Å²) in [5.41, 5.74) is 7.39. The van der Waals surface area contributed by atoms with Crippen LogP contribution in [-0.2, 0) is 11.3 Å².